The number of ether oxygens (including phenoxy) is 1. The molecule has 1 aromatic rings. The first kappa shape index (κ1) is 17.0. The molecule has 1 amide bonds. The predicted molar refractivity (Wildman–Crippen MR) is 80.6 cm³/mol. The third-order valence-corrected chi connectivity index (χ3v) is 3.18. The minimum Gasteiger partial charge on any atom is -0.481 e. The van der Waals surface area contributed by atoms with Gasteiger partial charge in [-0.3, -0.25) is 9.59 Å². The molecule has 0 aliphatic carbocycles. The number of hydrogen-bond donors (Lipinski definition) is 2. The fourth-order valence-electron chi connectivity index (χ4n) is 2.06. The van der Waals surface area contributed by atoms with Gasteiger partial charge in [0, 0.05) is 6.54 Å². The number of aliphatic carboxylic acids is 1. The first-order valence-corrected chi connectivity index (χ1v) is 7.08. The van der Waals surface area contributed by atoms with Gasteiger partial charge in [-0.15, -0.1) is 0 Å². The van der Waals surface area contributed by atoms with Gasteiger partial charge in [0.1, 0.15) is 5.75 Å². The van der Waals surface area contributed by atoms with Gasteiger partial charge in [0.25, 0.3) is 5.91 Å². The number of hydrogen-bond acceptors (Lipinski definition) is 3. The quantitative estimate of drug-likeness (QED) is 0.810. The monoisotopic (exact) mass is 293 g/mol. The lowest BCUT2D eigenvalue weighted by Crippen LogP contribution is -2.37. The van der Waals surface area contributed by atoms with Crippen LogP contribution in [0.15, 0.2) is 18.2 Å². The molecule has 0 heterocycles. The van der Waals surface area contributed by atoms with Gasteiger partial charge in [-0.2, -0.15) is 0 Å². The Hall–Kier alpha value is -2.04. The van der Waals surface area contributed by atoms with Crippen molar-refractivity contribution in [1.29, 1.82) is 0 Å². The smallest absolute Gasteiger partial charge is 0.305 e. The Morgan fingerprint density at radius 3 is 2.48 bits per heavy atom. The fourth-order valence-corrected chi connectivity index (χ4v) is 2.06. The van der Waals surface area contributed by atoms with Crippen molar-refractivity contribution in [3.05, 3.63) is 29.3 Å². The number of carboxylic acid groups (broad SMARTS) is 1. The largest absolute Gasteiger partial charge is 0.481 e. The van der Waals surface area contributed by atoms with Gasteiger partial charge in [-0.1, -0.05) is 19.9 Å². The molecule has 116 valence electrons. The lowest BCUT2D eigenvalue weighted by Gasteiger charge is -2.16. The number of carbonyl (C=O) groups is 2. The number of nitrogens with one attached hydrogen (secondary N) is 1. The molecule has 0 spiro atoms. The number of rotatable bonds is 7. The van der Waals surface area contributed by atoms with Crippen LogP contribution in [-0.4, -0.2) is 29.6 Å². The molecule has 0 aliphatic heterocycles. The lowest BCUT2D eigenvalue weighted by molar-refractivity contribution is -0.137. The minimum atomic E-state index is -0.941. The molecule has 5 heteroatoms. The van der Waals surface area contributed by atoms with Gasteiger partial charge in [0.05, 0.1) is 6.42 Å². The van der Waals surface area contributed by atoms with Crippen LogP contribution in [0, 0.1) is 6.92 Å². The number of carboxylic acids is 1. The Labute approximate surface area is 125 Å². The molecule has 21 heavy (non-hydrogen) atoms. The molecule has 1 unspecified atom stereocenters. The van der Waals surface area contributed by atoms with E-state index in [0.29, 0.717) is 11.7 Å². The zero-order valence-corrected chi connectivity index (χ0v) is 13.0. The number of carbonyl (C=O) groups excluding carboxylic acids is 1. The van der Waals surface area contributed by atoms with Crippen molar-refractivity contribution in [2.24, 2.45) is 0 Å². The zero-order valence-electron chi connectivity index (χ0n) is 13.0. The van der Waals surface area contributed by atoms with Crippen LogP contribution in [0.3, 0.4) is 0 Å². The molecule has 1 atom stereocenters. The maximum atomic E-state index is 11.8. The van der Waals surface area contributed by atoms with Gasteiger partial charge >= 0.3 is 5.97 Å². The van der Waals surface area contributed by atoms with Crippen molar-refractivity contribution in [2.45, 2.75) is 46.1 Å². The van der Waals surface area contributed by atoms with Crippen molar-refractivity contribution in [3.8, 4) is 5.75 Å². The highest BCUT2D eigenvalue weighted by Gasteiger charge is 2.15. The summed E-state index contributed by atoms with van der Waals surface area (Å²) >= 11 is 0. The summed E-state index contributed by atoms with van der Waals surface area (Å²) in [4.78, 5) is 22.1. The number of benzene rings is 1. The summed E-state index contributed by atoms with van der Waals surface area (Å²) in [5.74, 6) is -0.181. The van der Waals surface area contributed by atoms with Gasteiger partial charge in [0.2, 0.25) is 0 Å². The molecule has 0 bridgehead atoms. The number of aryl methyl sites for hydroxylation is 1. The van der Waals surface area contributed by atoms with E-state index in [1.54, 1.807) is 6.92 Å². The topological polar surface area (TPSA) is 75.6 Å². The third kappa shape index (κ3) is 5.45. The van der Waals surface area contributed by atoms with Crippen LogP contribution in [-0.2, 0) is 9.59 Å². The third-order valence-electron chi connectivity index (χ3n) is 3.18. The summed E-state index contributed by atoms with van der Waals surface area (Å²) in [5, 5.41) is 11.1. The van der Waals surface area contributed by atoms with Crippen molar-refractivity contribution < 1.29 is 19.4 Å². The second-order valence-corrected chi connectivity index (χ2v) is 5.37. The van der Waals surface area contributed by atoms with Crippen molar-refractivity contribution in [1.82, 2.24) is 5.32 Å². The molecule has 2 N–H and O–H groups in total. The Balaban J connectivity index is 2.58. The van der Waals surface area contributed by atoms with E-state index in [4.69, 9.17) is 9.84 Å². The maximum Gasteiger partial charge on any atom is 0.305 e. The summed E-state index contributed by atoms with van der Waals surface area (Å²) in [6, 6.07) is 5.77. The molecule has 0 saturated carbocycles. The highest BCUT2D eigenvalue weighted by molar-refractivity contribution is 5.81. The van der Waals surface area contributed by atoms with Crippen LogP contribution in [0.2, 0.25) is 0 Å². The molecule has 0 aliphatic rings. The second-order valence-electron chi connectivity index (χ2n) is 5.37. The van der Waals surface area contributed by atoms with Crippen molar-refractivity contribution >= 4 is 11.9 Å². The molecular formula is C16H23NO4. The van der Waals surface area contributed by atoms with E-state index >= 15 is 0 Å². The molecule has 1 rings (SSSR count). The molecular weight excluding hydrogens is 270 g/mol. The van der Waals surface area contributed by atoms with Crippen molar-refractivity contribution in [2.75, 3.05) is 6.54 Å². The normalized spacial score (nSPS) is 12.0. The van der Waals surface area contributed by atoms with Crippen molar-refractivity contribution in [3.63, 3.8) is 0 Å². The molecule has 0 saturated heterocycles. The maximum absolute atomic E-state index is 11.8. The van der Waals surface area contributed by atoms with E-state index in [-0.39, 0.29) is 18.9 Å². The Morgan fingerprint density at radius 1 is 1.29 bits per heavy atom. The SMILES string of the molecule is Cc1cc(OC(C)C(=O)NCCC(=O)O)ccc1C(C)C. The minimum absolute atomic E-state index is 0.0966. The Kier molecular flexibility index (Phi) is 6.21. The van der Waals surface area contributed by atoms with Gasteiger partial charge < -0.3 is 15.2 Å². The van der Waals surface area contributed by atoms with Crippen LogP contribution in [0.5, 0.6) is 5.75 Å². The van der Waals surface area contributed by atoms with E-state index in [2.05, 4.69) is 19.2 Å². The average molecular weight is 293 g/mol. The van der Waals surface area contributed by atoms with E-state index in [1.165, 1.54) is 5.56 Å². The first-order chi connectivity index (χ1) is 9.81. The van der Waals surface area contributed by atoms with Crippen LogP contribution < -0.4 is 10.1 Å². The fraction of sp³-hybridized carbons (Fsp3) is 0.500. The van der Waals surface area contributed by atoms with Gasteiger partial charge in [-0.25, -0.2) is 0 Å². The van der Waals surface area contributed by atoms with E-state index in [1.807, 2.05) is 25.1 Å². The standard InChI is InChI=1S/C16H23NO4/c1-10(2)14-6-5-13(9-11(14)3)21-12(4)16(20)17-8-7-15(18)19/h5-6,9-10,12H,7-8H2,1-4H3,(H,17,20)(H,18,19). The average Bonchev–Trinajstić information content (AvgIpc) is 2.37. The highest BCUT2D eigenvalue weighted by Crippen LogP contribution is 2.24. The van der Waals surface area contributed by atoms with Crippen LogP contribution in [0.1, 0.15) is 44.2 Å². The molecule has 0 radical (unpaired) electrons. The highest BCUT2D eigenvalue weighted by atomic mass is 16.5. The number of amides is 1. The Morgan fingerprint density at radius 2 is 1.95 bits per heavy atom. The summed E-state index contributed by atoms with van der Waals surface area (Å²) in [6.45, 7) is 8.01. The summed E-state index contributed by atoms with van der Waals surface area (Å²) < 4.78 is 5.59. The lowest BCUT2D eigenvalue weighted by atomic mass is 9.98. The summed E-state index contributed by atoms with van der Waals surface area (Å²) in [6.07, 6.45) is -0.760. The molecule has 5 nitrogen and oxygen atoms in total. The second kappa shape index (κ2) is 7.67. The summed E-state index contributed by atoms with van der Waals surface area (Å²) in [5.41, 5.74) is 2.38. The van der Waals surface area contributed by atoms with Crippen LogP contribution >= 0.6 is 0 Å². The predicted octanol–water partition coefficient (Wildman–Crippen LogP) is 2.48. The van der Waals surface area contributed by atoms with Gasteiger partial charge in [0.15, 0.2) is 6.10 Å². The molecule has 0 fully saturated rings. The molecule has 1 aromatic carbocycles. The Bertz CT molecular complexity index is 511. The van der Waals surface area contributed by atoms with Crippen LogP contribution in [0.25, 0.3) is 0 Å². The van der Waals surface area contributed by atoms with Crippen LogP contribution in [0.4, 0.5) is 0 Å². The van der Waals surface area contributed by atoms with Gasteiger partial charge in [-0.05, 0) is 43.0 Å². The van der Waals surface area contributed by atoms with E-state index in [0.717, 1.165) is 5.56 Å². The first-order valence-electron chi connectivity index (χ1n) is 7.08. The molecule has 0 aromatic heterocycles. The summed E-state index contributed by atoms with van der Waals surface area (Å²) in [7, 11) is 0. The van der Waals surface area contributed by atoms with E-state index < -0.39 is 12.1 Å². The zero-order chi connectivity index (χ0) is 16.0. The van der Waals surface area contributed by atoms with E-state index in [9.17, 15) is 9.59 Å².